The number of nitrogens with zero attached hydrogens (tertiary/aromatic N) is 4. The summed E-state index contributed by atoms with van der Waals surface area (Å²) in [7, 11) is 0. The topological polar surface area (TPSA) is 41.9 Å². The third-order valence-electron chi connectivity index (χ3n) is 4.30. The maximum Gasteiger partial charge on any atom is 0.142 e. The molecule has 0 spiro atoms. The van der Waals surface area contributed by atoms with Crippen molar-refractivity contribution in [2.75, 3.05) is 11.4 Å². The van der Waals surface area contributed by atoms with Crippen LogP contribution in [-0.4, -0.2) is 27.5 Å². The van der Waals surface area contributed by atoms with Gasteiger partial charge in [0.2, 0.25) is 0 Å². The van der Waals surface area contributed by atoms with Gasteiger partial charge in [0.1, 0.15) is 11.6 Å². The zero-order chi connectivity index (χ0) is 17.0. The second-order valence-electron chi connectivity index (χ2n) is 5.75. The third-order valence-corrected chi connectivity index (χ3v) is 4.30. The van der Waals surface area contributed by atoms with E-state index in [0.717, 1.165) is 35.8 Å². The Morgan fingerprint density at radius 2 is 1.74 bits per heavy atom. The molecular formula is C19H30N4. The average molecular weight is 314 g/mol. The maximum absolute atomic E-state index is 4.75. The number of aryl methyl sites for hydroxylation is 2. The van der Waals surface area contributed by atoms with Crippen molar-refractivity contribution in [3.8, 4) is 0 Å². The summed E-state index contributed by atoms with van der Waals surface area (Å²) in [4.78, 5) is 16.6. The van der Waals surface area contributed by atoms with Gasteiger partial charge in [0, 0.05) is 24.7 Å². The second kappa shape index (κ2) is 7.71. The minimum atomic E-state index is 0.591. The Morgan fingerprint density at radius 1 is 1.00 bits per heavy atom. The zero-order valence-corrected chi connectivity index (χ0v) is 15.5. The van der Waals surface area contributed by atoms with Crippen molar-refractivity contribution in [2.45, 2.75) is 73.3 Å². The number of aromatic nitrogens is 3. The lowest BCUT2D eigenvalue weighted by Crippen LogP contribution is -2.44. The summed E-state index contributed by atoms with van der Waals surface area (Å²) in [6.45, 7) is 13.2. The van der Waals surface area contributed by atoms with Gasteiger partial charge in [-0.3, -0.25) is 4.98 Å². The van der Waals surface area contributed by atoms with Crippen molar-refractivity contribution in [2.24, 2.45) is 0 Å². The molecule has 2 aromatic heterocycles. The lowest BCUT2D eigenvalue weighted by Gasteiger charge is -2.40. The first-order valence-electron chi connectivity index (χ1n) is 9.14. The van der Waals surface area contributed by atoms with Crippen LogP contribution in [-0.2, 0) is 6.42 Å². The van der Waals surface area contributed by atoms with Crippen LogP contribution < -0.4 is 4.90 Å². The summed E-state index contributed by atoms with van der Waals surface area (Å²) in [6.07, 6.45) is 4.92. The van der Waals surface area contributed by atoms with Gasteiger partial charge >= 0.3 is 0 Å². The van der Waals surface area contributed by atoms with Gasteiger partial charge in [0.05, 0.1) is 16.6 Å². The van der Waals surface area contributed by atoms with Crippen LogP contribution in [0, 0.1) is 13.8 Å². The molecule has 0 radical (unpaired) electrons. The van der Waals surface area contributed by atoms with Crippen LogP contribution in [0.1, 0.15) is 64.2 Å². The van der Waals surface area contributed by atoms with E-state index in [2.05, 4.69) is 22.9 Å². The Bertz CT molecular complexity index is 661. The largest absolute Gasteiger partial charge is 0.353 e. The number of piperidine rings is 1. The molecule has 1 unspecified atom stereocenters. The van der Waals surface area contributed by atoms with Gasteiger partial charge < -0.3 is 4.90 Å². The fourth-order valence-electron chi connectivity index (χ4n) is 3.53. The fourth-order valence-corrected chi connectivity index (χ4v) is 3.53. The number of pyridine rings is 1. The standard InChI is InChI=1S/C15H18N4.2C2H6/c1-9-7-12-14-13(16-9)8-11-5-3-4-6-19(11)15(14)18-10(2)17-12;2*1-2/h7,11H,3-6,8H2,1-2H3;2*1-2H3. The van der Waals surface area contributed by atoms with Crippen LogP contribution in [0.2, 0.25) is 0 Å². The van der Waals surface area contributed by atoms with Crippen LogP contribution in [0.15, 0.2) is 6.07 Å². The summed E-state index contributed by atoms with van der Waals surface area (Å²) >= 11 is 0. The van der Waals surface area contributed by atoms with Gasteiger partial charge in [-0.15, -0.1) is 0 Å². The lowest BCUT2D eigenvalue weighted by molar-refractivity contribution is 0.446. The summed E-state index contributed by atoms with van der Waals surface area (Å²) in [5.41, 5.74) is 3.33. The molecule has 4 heterocycles. The molecule has 0 saturated carbocycles. The number of anilines is 1. The molecule has 0 amide bonds. The van der Waals surface area contributed by atoms with Gasteiger partial charge in [0.15, 0.2) is 0 Å². The van der Waals surface area contributed by atoms with Crippen molar-refractivity contribution in [3.05, 3.63) is 23.3 Å². The van der Waals surface area contributed by atoms with E-state index in [1.807, 2.05) is 34.6 Å². The molecule has 4 rings (SSSR count). The van der Waals surface area contributed by atoms with Crippen LogP contribution in [0.4, 0.5) is 5.82 Å². The lowest BCUT2D eigenvalue weighted by atomic mass is 9.92. The Morgan fingerprint density at radius 3 is 2.48 bits per heavy atom. The molecule has 0 aliphatic carbocycles. The molecule has 2 aliphatic rings. The predicted molar refractivity (Wildman–Crippen MR) is 98.2 cm³/mol. The molecule has 0 N–H and O–H groups in total. The van der Waals surface area contributed by atoms with E-state index >= 15 is 0 Å². The maximum atomic E-state index is 4.75. The molecule has 126 valence electrons. The minimum Gasteiger partial charge on any atom is -0.353 e. The Hall–Kier alpha value is -1.71. The van der Waals surface area contributed by atoms with Crippen LogP contribution in [0.5, 0.6) is 0 Å². The molecule has 1 saturated heterocycles. The first kappa shape index (κ1) is 17.6. The van der Waals surface area contributed by atoms with Gasteiger partial charge in [-0.05, 0) is 39.2 Å². The fraction of sp³-hybridized carbons (Fsp3) is 0.632. The SMILES string of the molecule is CC.CC.Cc1cc2nc(C)nc3c2c(n1)CC1CCCCN31. The molecule has 23 heavy (non-hydrogen) atoms. The van der Waals surface area contributed by atoms with E-state index in [1.54, 1.807) is 0 Å². The monoisotopic (exact) mass is 314 g/mol. The van der Waals surface area contributed by atoms with Crippen LogP contribution in [0.25, 0.3) is 10.9 Å². The normalized spacial score (nSPS) is 18.3. The first-order chi connectivity index (χ1) is 11.2. The van der Waals surface area contributed by atoms with Crippen LogP contribution in [0.3, 0.4) is 0 Å². The molecule has 2 aliphatic heterocycles. The van der Waals surface area contributed by atoms with E-state index in [9.17, 15) is 0 Å². The third kappa shape index (κ3) is 3.31. The average Bonchev–Trinajstić information content (AvgIpc) is 2.58. The molecule has 4 heteroatoms. The molecule has 4 nitrogen and oxygen atoms in total. The summed E-state index contributed by atoms with van der Waals surface area (Å²) in [5.74, 6) is 1.99. The van der Waals surface area contributed by atoms with Gasteiger partial charge in [-0.1, -0.05) is 27.7 Å². The number of hydrogen-bond donors (Lipinski definition) is 0. The molecular weight excluding hydrogens is 284 g/mol. The highest BCUT2D eigenvalue weighted by atomic mass is 15.2. The summed E-state index contributed by atoms with van der Waals surface area (Å²) in [6, 6.07) is 2.68. The van der Waals surface area contributed by atoms with E-state index in [4.69, 9.17) is 9.97 Å². The highest BCUT2D eigenvalue weighted by Crippen LogP contribution is 2.37. The van der Waals surface area contributed by atoms with Gasteiger partial charge in [-0.2, -0.15) is 0 Å². The second-order valence-corrected chi connectivity index (χ2v) is 5.75. The van der Waals surface area contributed by atoms with E-state index in [1.165, 1.54) is 30.3 Å². The highest BCUT2D eigenvalue weighted by molar-refractivity contribution is 5.93. The molecule has 0 bridgehead atoms. The molecule has 1 fully saturated rings. The predicted octanol–water partition coefficient (Wildman–Crippen LogP) is 4.61. The molecule has 2 aromatic rings. The molecule has 0 aromatic carbocycles. The van der Waals surface area contributed by atoms with E-state index in [0.29, 0.717) is 6.04 Å². The zero-order valence-electron chi connectivity index (χ0n) is 15.5. The summed E-state index contributed by atoms with van der Waals surface area (Å²) in [5, 5.41) is 1.19. The Balaban J connectivity index is 0.000000448. The van der Waals surface area contributed by atoms with Gasteiger partial charge in [-0.25, -0.2) is 9.97 Å². The quantitative estimate of drug-likeness (QED) is 0.712. The minimum absolute atomic E-state index is 0.591. The Kier molecular flexibility index (Phi) is 5.91. The smallest absolute Gasteiger partial charge is 0.142 e. The van der Waals surface area contributed by atoms with E-state index in [-0.39, 0.29) is 0 Å². The van der Waals surface area contributed by atoms with Crippen molar-refractivity contribution >= 4 is 16.7 Å². The Labute approximate surface area is 140 Å². The van der Waals surface area contributed by atoms with E-state index < -0.39 is 0 Å². The number of hydrogen-bond acceptors (Lipinski definition) is 4. The number of fused-ring (bicyclic) bond motifs is 2. The molecule has 1 atom stereocenters. The van der Waals surface area contributed by atoms with Crippen molar-refractivity contribution in [3.63, 3.8) is 0 Å². The number of rotatable bonds is 0. The van der Waals surface area contributed by atoms with Crippen LogP contribution >= 0.6 is 0 Å². The summed E-state index contributed by atoms with van der Waals surface area (Å²) < 4.78 is 0. The van der Waals surface area contributed by atoms with Gasteiger partial charge in [0.25, 0.3) is 0 Å². The first-order valence-corrected chi connectivity index (χ1v) is 9.14. The van der Waals surface area contributed by atoms with Crippen molar-refractivity contribution in [1.29, 1.82) is 0 Å². The van der Waals surface area contributed by atoms with Crippen molar-refractivity contribution < 1.29 is 0 Å². The van der Waals surface area contributed by atoms with Crippen molar-refractivity contribution in [1.82, 2.24) is 15.0 Å². The highest BCUT2D eigenvalue weighted by Gasteiger charge is 2.32.